The number of hydrogen-bond acceptors (Lipinski definition) is 5. The van der Waals surface area contributed by atoms with Gasteiger partial charge in [-0.3, -0.25) is 0 Å². The zero-order valence-electron chi connectivity index (χ0n) is 20.1. The van der Waals surface area contributed by atoms with Gasteiger partial charge in [-0.25, -0.2) is 15.0 Å². The molecule has 0 amide bonds. The van der Waals surface area contributed by atoms with Gasteiger partial charge in [0.05, 0.1) is 11.4 Å². The minimum Gasteiger partial charge on any atom is -0.507 e. The van der Waals surface area contributed by atoms with Gasteiger partial charge in [0.1, 0.15) is 17.2 Å². The van der Waals surface area contributed by atoms with Gasteiger partial charge in [0, 0.05) is 47.9 Å². The maximum atomic E-state index is 10.6. The van der Waals surface area contributed by atoms with Crippen LogP contribution < -0.4 is 0 Å². The number of nitrogens with zero attached hydrogens (tertiary/aromatic N) is 3. The third kappa shape index (κ3) is 5.88. The molecule has 0 fully saturated rings. The third-order valence-electron chi connectivity index (χ3n) is 5.63. The van der Waals surface area contributed by atoms with E-state index in [1.54, 1.807) is 36.5 Å². The normalized spacial score (nSPS) is 11.6. The standard InChI is InChI=1S/C31H23N3O2.Zn/c35-27-19-9-7-16-24(27)29(22-12-3-1-4-13-22)33-26-18-11-21-32-31(26)34-30(23-14-5-2-6-15-23)25-17-8-10-20-28(25)36;/h1-21,35-36H;. The van der Waals surface area contributed by atoms with E-state index in [0.717, 1.165) is 11.1 Å². The second kappa shape index (κ2) is 12.0. The largest absolute Gasteiger partial charge is 0.507 e. The van der Waals surface area contributed by atoms with E-state index >= 15 is 0 Å². The molecule has 0 unspecified atom stereocenters. The Morgan fingerprint density at radius 2 is 0.973 bits per heavy atom. The van der Waals surface area contributed by atoms with Crippen LogP contribution in [0.25, 0.3) is 0 Å². The van der Waals surface area contributed by atoms with Gasteiger partial charge in [0.15, 0.2) is 5.82 Å². The molecule has 1 heterocycles. The molecule has 0 aliphatic heterocycles. The summed E-state index contributed by atoms with van der Waals surface area (Å²) in [6.45, 7) is 0. The fraction of sp³-hybridized carbons (Fsp3) is 0. The maximum absolute atomic E-state index is 10.6. The number of rotatable bonds is 6. The monoisotopic (exact) mass is 533 g/mol. The van der Waals surface area contributed by atoms with Gasteiger partial charge in [-0.1, -0.05) is 84.9 Å². The molecule has 176 valence electrons. The van der Waals surface area contributed by atoms with E-state index in [1.165, 1.54) is 0 Å². The molecule has 0 aliphatic carbocycles. The Balaban J connectivity index is 0.00000320. The zero-order valence-corrected chi connectivity index (χ0v) is 23.0. The number of pyridine rings is 1. The zero-order chi connectivity index (χ0) is 24.7. The molecule has 5 rings (SSSR count). The minimum atomic E-state index is 0. The van der Waals surface area contributed by atoms with E-state index in [1.807, 2.05) is 91.0 Å². The van der Waals surface area contributed by atoms with Crippen LogP contribution in [-0.4, -0.2) is 26.6 Å². The number of para-hydroxylation sites is 2. The molecule has 0 saturated carbocycles. The van der Waals surface area contributed by atoms with E-state index in [4.69, 9.17) is 9.98 Å². The van der Waals surface area contributed by atoms with Crippen molar-refractivity contribution in [3.63, 3.8) is 0 Å². The first kappa shape index (κ1) is 25.7. The van der Waals surface area contributed by atoms with Gasteiger partial charge < -0.3 is 10.2 Å². The average molecular weight is 535 g/mol. The van der Waals surface area contributed by atoms with E-state index in [0.29, 0.717) is 34.1 Å². The predicted octanol–water partition coefficient (Wildman–Crippen LogP) is 6.83. The topological polar surface area (TPSA) is 78.1 Å². The van der Waals surface area contributed by atoms with Gasteiger partial charge in [-0.05, 0) is 36.4 Å². The Morgan fingerprint density at radius 3 is 1.49 bits per heavy atom. The molecule has 0 spiro atoms. The number of aromatic hydroxyl groups is 2. The Kier molecular flexibility index (Phi) is 8.34. The molecular formula is C31H23N3O2Zn. The van der Waals surface area contributed by atoms with E-state index in [-0.39, 0.29) is 31.0 Å². The van der Waals surface area contributed by atoms with Crippen LogP contribution in [0.1, 0.15) is 22.3 Å². The summed E-state index contributed by atoms with van der Waals surface area (Å²) in [6.07, 6.45) is 1.66. The molecule has 1 aromatic heterocycles. The van der Waals surface area contributed by atoms with Gasteiger partial charge in [-0.15, -0.1) is 0 Å². The van der Waals surface area contributed by atoms with Crippen molar-refractivity contribution >= 4 is 22.9 Å². The molecule has 0 bridgehead atoms. The maximum Gasteiger partial charge on any atom is 0.178 e. The van der Waals surface area contributed by atoms with Crippen LogP contribution in [0.5, 0.6) is 11.5 Å². The molecule has 5 nitrogen and oxygen atoms in total. The van der Waals surface area contributed by atoms with Crippen molar-refractivity contribution in [2.45, 2.75) is 0 Å². The van der Waals surface area contributed by atoms with Crippen LogP contribution in [0, 0.1) is 0 Å². The van der Waals surface area contributed by atoms with Crippen molar-refractivity contribution in [2.24, 2.45) is 9.98 Å². The first-order valence-electron chi connectivity index (χ1n) is 11.5. The molecule has 4 aromatic carbocycles. The van der Waals surface area contributed by atoms with Crippen molar-refractivity contribution < 1.29 is 29.7 Å². The van der Waals surface area contributed by atoms with Crippen LogP contribution in [-0.2, 0) is 19.5 Å². The number of hydrogen-bond donors (Lipinski definition) is 2. The summed E-state index contributed by atoms with van der Waals surface area (Å²) in [7, 11) is 0. The number of benzene rings is 4. The number of phenolic OH excluding ortho intramolecular Hbond substituents is 2. The predicted molar refractivity (Wildman–Crippen MR) is 144 cm³/mol. The van der Waals surface area contributed by atoms with Crippen LogP contribution in [0.3, 0.4) is 0 Å². The number of aliphatic imine (C=N–C) groups is 2. The van der Waals surface area contributed by atoms with E-state index in [2.05, 4.69) is 4.98 Å². The summed E-state index contributed by atoms with van der Waals surface area (Å²) in [6, 6.07) is 37.2. The SMILES string of the molecule is Oc1ccccc1C(=Nc1cccnc1N=C(c1ccccc1)c1ccccc1O)c1ccccc1.[Zn]. The molecule has 0 radical (unpaired) electrons. The molecule has 2 N–H and O–H groups in total. The molecule has 37 heavy (non-hydrogen) atoms. The van der Waals surface area contributed by atoms with Gasteiger partial charge in [0.2, 0.25) is 0 Å². The molecule has 0 saturated heterocycles. The second-order valence-electron chi connectivity index (χ2n) is 8.03. The Morgan fingerprint density at radius 1 is 0.514 bits per heavy atom. The quantitative estimate of drug-likeness (QED) is 0.185. The first-order chi connectivity index (χ1) is 17.7. The minimum absolute atomic E-state index is 0. The van der Waals surface area contributed by atoms with Crippen molar-refractivity contribution in [3.05, 3.63) is 150 Å². The molecule has 0 atom stereocenters. The van der Waals surface area contributed by atoms with Gasteiger partial charge in [-0.2, -0.15) is 0 Å². The first-order valence-corrected chi connectivity index (χ1v) is 11.5. The summed E-state index contributed by atoms with van der Waals surface area (Å²) < 4.78 is 0. The van der Waals surface area contributed by atoms with Crippen LogP contribution in [0.15, 0.2) is 138 Å². The number of aromatic nitrogens is 1. The molecule has 6 heteroatoms. The van der Waals surface area contributed by atoms with Crippen LogP contribution in [0.2, 0.25) is 0 Å². The summed E-state index contributed by atoms with van der Waals surface area (Å²) >= 11 is 0. The molecule has 0 aliphatic rings. The molecule has 5 aromatic rings. The fourth-order valence-electron chi connectivity index (χ4n) is 3.89. The van der Waals surface area contributed by atoms with Gasteiger partial charge in [0.25, 0.3) is 0 Å². The third-order valence-corrected chi connectivity index (χ3v) is 5.63. The Bertz CT molecular complexity index is 1430. The van der Waals surface area contributed by atoms with Crippen LogP contribution in [0.4, 0.5) is 11.5 Å². The smallest absolute Gasteiger partial charge is 0.178 e. The summed E-state index contributed by atoms with van der Waals surface area (Å²) in [5.74, 6) is 0.650. The Labute approximate surface area is 228 Å². The van der Waals surface area contributed by atoms with Crippen molar-refractivity contribution in [2.75, 3.05) is 0 Å². The second-order valence-corrected chi connectivity index (χ2v) is 8.03. The van der Waals surface area contributed by atoms with Crippen LogP contribution >= 0.6 is 0 Å². The summed E-state index contributed by atoms with van der Waals surface area (Å²) in [4.78, 5) is 14.4. The van der Waals surface area contributed by atoms with Gasteiger partial charge >= 0.3 is 0 Å². The average Bonchev–Trinajstić information content (AvgIpc) is 2.93. The van der Waals surface area contributed by atoms with Crippen molar-refractivity contribution in [1.29, 1.82) is 0 Å². The number of phenols is 2. The summed E-state index contributed by atoms with van der Waals surface area (Å²) in [5, 5.41) is 21.2. The van der Waals surface area contributed by atoms with Crippen molar-refractivity contribution in [1.82, 2.24) is 4.98 Å². The van der Waals surface area contributed by atoms with Crippen molar-refractivity contribution in [3.8, 4) is 11.5 Å². The fourth-order valence-corrected chi connectivity index (χ4v) is 3.89. The van der Waals surface area contributed by atoms with E-state index < -0.39 is 0 Å². The summed E-state index contributed by atoms with van der Waals surface area (Å²) in [5.41, 5.74) is 4.59. The Hall–Kier alpha value is -4.41. The molecular weight excluding hydrogens is 512 g/mol. The van der Waals surface area contributed by atoms with E-state index in [9.17, 15) is 10.2 Å².